The van der Waals surface area contributed by atoms with Crippen LogP contribution in [-0.4, -0.2) is 41.2 Å². The molecule has 138 valence electrons. The van der Waals surface area contributed by atoms with Gasteiger partial charge in [0, 0.05) is 36.3 Å². The molecule has 0 saturated carbocycles. The van der Waals surface area contributed by atoms with Crippen molar-refractivity contribution in [1.82, 2.24) is 15.1 Å². The zero-order valence-electron chi connectivity index (χ0n) is 15.0. The summed E-state index contributed by atoms with van der Waals surface area (Å²) in [6.07, 6.45) is 1.37. The number of carbonyl (C=O) groups excluding carboxylic acids is 1. The maximum Gasteiger partial charge on any atom is 0.257 e. The summed E-state index contributed by atoms with van der Waals surface area (Å²) in [6, 6.07) is 14.0. The predicted octanol–water partition coefficient (Wildman–Crippen LogP) is 3.47. The molecule has 4 rings (SSSR count). The second-order valence-electron chi connectivity index (χ2n) is 6.53. The number of amides is 1. The number of aromatic amines is 1. The number of halogens is 1. The van der Waals surface area contributed by atoms with E-state index in [-0.39, 0.29) is 11.5 Å². The highest BCUT2D eigenvalue weighted by molar-refractivity contribution is 5.97. The number of fused-ring (bicyclic) bond motifs is 1. The number of carbonyl (C=O) groups is 1. The first kappa shape index (κ1) is 17.3. The first-order valence-corrected chi connectivity index (χ1v) is 8.91. The molecule has 0 radical (unpaired) electrons. The fourth-order valence-corrected chi connectivity index (χ4v) is 3.54. The number of nitrogens with one attached hydrogen (secondary N) is 1. The van der Waals surface area contributed by atoms with Gasteiger partial charge in [-0.15, -0.1) is 0 Å². The SMILES string of the molecule is COc1ccc(F)cc1C(=O)N1CCc2[nH]nc(-c3ccccc3)c2CC1. The van der Waals surface area contributed by atoms with Crippen molar-refractivity contribution in [3.63, 3.8) is 0 Å². The van der Waals surface area contributed by atoms with E-state index in [0.29, 0.717) is 31.7 Å². The van der Waals surface area contributed by atoms with E-state index in [9.17, 15) is 9.18 Å². The van der Waals surface area contributed by atoms with Gasteiger partial charge in [0.05, 0.1) is 18.4 Å². The molecular weight excluding hydrogens is 345 g/mol. The number of rotatable bonds is 3. The number of ether oxygens (including phenoxy) is 1. The van der Waals surface area contributed by atoms with E-state index in [1.165, 1.54) is 25.3 Å². The van der Waals surface area contributed by atoms with Gasteiger partial charge in [-0.05, 0) is 24.6 Å². The van der Waals surface area contributed by atoms with Gasteiger partial charge in [-0.3, -0.25) is 9.89 Å². The summed E-state index contributed by atoms with van der Waals surface area (Å²) in [6.45, 7) is 1.09. The van der Waals surface area contributed by atoms with Crippen LogP contribution in [0.5, 0.6) is 5.75 Å². The third-order valence-electron chi connectivity index (χ3n) is 4.94. The third-order valence-corrected chi connectivity index (χ3v) is 4.94. The minimum atomic E-state index is -0.449. The van der Waals surface area contributed by atoms with Gasteiger partial charge < -0.3 is 9.64 Å². The summed E-state index contributed by atoms with van der Waals surface area (Å²) in [5.74, 6) is -0.281. The molecule has 0 fully saturated rings. The Hall–Kier alpha value is -3.15. The van der Waals surface area contributed by atoms with Crippen molar-refractivity contribution in [3.8, 4) is 17.0 Å². The molecule has 1 N–H and O–H groups in total. The van der Waals surface area contributed by atoms with Crippen LogP contribution in [0.2, 0.25) is 0 Å². The maximum absolute atomic E-state index is 13.7. The van der Waals surface area contributed by atoms with E-state index in [1.54, 1.807) is 4.90 Å². The Labute approximate surface area is 156 Å². The number of benzene rings is 2. The first-order valence-electron chi connectivity index (χ1n) is 8.91. The number of nitrogens with zero attached hydrogens (tertiary/aromatic N) is 2. The molecule has 0 atom stereocenters. The lowest BCUT2D eigenvalue weighted by atomic mass is 10.0. The van der Waals surface area contributed by atoms with Gasteiger partial charge in [-0.2, -0.15) is 5.10 Å². The number of hydrogen-bond acceptors (Lipinski definition) is 3. The summed E-state index contributed by atoms with van der Waals surface area (Å²) in [5, 5.41) is 7.60. The van der Waals surface area contributed by atoms with Crippen LogP contribution >= 0.6 is 0 Å². The summed E-state index contributed by atoms with van der Waals surface area (Å²) in [5.41, 5.74) is 4.44. The maximum atomic E-state index is 13.7. The van der Waals surface area contributed by atoms with E-state index < -0.39 is 5.82 Å². The normalized spacial score (nSPS) is 13.8. The van der Waals surface area contributed by atoms with Gasteiger partial charge >= 0.3 is 0 Å². The molecule has 1 amide bonds. The lowest BCUT2D eigenvalue weighted by Gasteiger charge is -2.21. The molecule has 5 nitrogen and oxygen atoms in total. The third kappa shape index (κ3) is 3.30. The van der Waals surface area contributed by atoms with Crippen LogP contribution < -0.4 is 4.74 Å². The molecular formula is C21H20FN3O2. The molecule has 6 heteroatoms. The van der Waals surface area contributed by atoms with Gasteiger partial charge in [0.2, 0.25) is 0 Å². The Morgan fingerprint density at radius 2 is 1.93 bits per heavy atom. The largest absolute Gasteiger partial charge is 0.496 e. The molecule has 0 aliphatic carbocycles. The van der Waals surface area contributed by atoms with Crippen LogP contribution in [0.15, 0.2) is 48.5 Å². The highest BCUT2D eigenvalue weighted by Gasteiger charge is 2.25. The second kappa shape index (κ2) is 7.23. The van der Waals surface area contributed by atoms with Crippen LogP contribution in [0.25, 0.3) is 11.3 Å². The summed E-state index contributed by atoms with van der Waals surface area (Å²) < 4.78 is 18.9. The van der Waals surface area contributed by atoms with Crippen LogP contribution in [0.3, 0.4) is 0 Å². The molecule has 1 aliphatic rings. The Bertz CT molecular complexity index is 969. The molecule has 1 aliphatic heterocycles. The smallest absolute Gasteiger partial charge is 0.257 e. The highest BCUT2D eigenvalue weighted by atomic mass is 19.1. The summed E-state index contributed by atoms with van der Waals surface area (Å²) in [7, 11) is 1.48. The number of hydrogen-bond donors (Lipinski definition) is 1. The second-order valence-corrected chi connectivity index (χ2v) is 6.53. The Balaban J connectivity index is 1.58. The van der Waals surface area contributed by atoms with Crippen LogP contribution in [0.4, 0.5) is 4.39 Å². The molecule has 0 unspecified atom stereocenters. The van der Waals surface area contributed by atoms with Crippen molar-refractivity contribution in [2.24, 2.45) is 0 Å². The average Bonchev–Trinajstić information content (AvgIpc) is 2.99. The van der Waals surface area contributed by atoms with Crippen molar-refractivity contribution in [1.29, 1.82) is 0 Å². The van der Waals surface area contributed by atoms with Crippen LogP contribution in [0.1, 0.15) is 21.6 Å². The molecule has 27 heavy (non-hydrogen) atoms. The Morgan fingerprint density at radius 3 is 2.70 bits per heavy atom. The van der Waals surface area contributed by atoms with Crippen molar-refractivity contribution in [2.75, 3.05) is 20.2 Å². The molecule has 0 bridgehead atoms. The molecule has 0 spiro atoms. The van der Waals surface area contributed by atoms with Crippen molar-refractivity contribution < 1.29 is 13.9 Å². The monoisotopic (exact) mass is 365 g/mol. The Kier molecular flexibility index (Phi) is 4.62. The summed E-state index contributed by atoms with van der Waals surface area (Å²) in [4.78, 5) is 14.7. The highest BCUT2D eigenvalue weighted by Crippen LogP contribution is 2.28. The topological polar surface area (TPSA) is 58.2 Å². The van der Waals surface area contributed by atoms with E-state index >= 15 is 0 Å². The van der Waals surface area contributed by atoms with Gasteiger partial charge in [0.25, 0.3) is 5.91 Å². The minimum absolute atomic E-state index is 0.217. The van der Waals surface area contributed by atoms with E-state index in [2.05, 4.69) is 10.2 Å². The van der Waals surface area contributed by atoms with Crippen molar-refractivity contribution >= 4 is 5.91 Å². The van der Waals surface area contributed by atoms with Gasteiger partial charge in [-0.25, -0.2) is 4.39 Å². The zero-order valence-corrected chi connectivity index (χ0v) is 15.0. The molecule has 2 heterocycles. The number of aromatic nitrogens is 2. The number of methoxy groups -OCH3 is 1. The zero-order chi connectivity index (χ0) is 18.8. The van der Waals surface area contributed by atoms with E-state index in [4.69, 9.17) is 4.74 Å². The molecule has 2 aromatic carbocycles. The van der Waals surface area contributed by atoms with Gasteiger partial charge in [0.15, 0.2) is 0 Å². The number of H-pyrrole nitrogens is 1. The van der Waals surface area contributed by atoms with E-state index in [1.807, 2.05) is 30.3 Å². The predicted molar refractivity (Wildman–Crippen MR) is 100 cm³/mol. The standard InChI is InChI=1S/C21H20FN3O2/c1-27-19-8-7-15(22)13-17(19)21(26)25-11-9-16-18(10-12-25)23-24-20(16)14-5-3-2-4-6-14/h2-8,13H,9-12H2,1H3,(H,23,24). The first-order chi connectivity index (χ1) is 13.2. The fraction of sp³-hybridized carbons (Fsp3) is 0.238. The van der Waals surface area contributed by atoms with E-state index in [0.717, 1.165) is 22.5 Å². The fourth-order valence-electron chi connectivity index (χ4n) is 3.54. The minimum Gasteiger partial charge on any atom is -0.496 e. The lowest BCUT2D eigenvalue weighted by molar-refractivity contribution is 0.0759. The van der Waals surface area contributed by atoms with Gasteiger partial charge in [0.1, 0.15) is 11.6 Å². The quantitative estimate of drug-likeness (QED) is 0.773. The van der Waals surface area contributed by atoms with Crippen LogP contribution in [-0.2, 0) is 12.8 Å². The van der Waals surface area contributed by atoms with Crippen LogP contribution in [0, 0.1) is 5.82 Å². The average molecular weight is 365 g/mol. The van der Waals surface area contributed by atoms with Crippen molar-refractivity contribution in [3.05, 3.63) is 71.2 Å². The van der Waals surface area contributed by atoms with Gasteiger partial charge in [-0.1, -0.05) is 30.3 Å². The molecule has 1 aromatic heterocycles. The lowest BCUT2D eigenvalue weighted by Crippen LogP contribution is -2.33. The molecule has 3 aromatic rings. The van der Waals surface area contributed by atoms with Crippen molar-refractivity contribution in [2.45, 2.75) is 12.8 Å². The Morgan fingerprint density at radius 1 is 1.15 bits per heavy atom. The molecule has 0 saturated heterocycles. The summed E-state index contributed by atoms with van der Waals surface area (Å²) >= 11 is 0.